The van der Waals surface area contributed by atoms with Gasteiger partial charge in [0.1, 0.15) is 11.5 Å². The summed E-state index contributed by atoms with van der Waals surface area (Å²) < 4.78 is 5.40. The number of nitrogens with two attached hydrogens (primary N) is 1. The van der Waals surface area contributed by atoms with Gasteiger partial charge in [0.25, 0.3) is 0 Å². The zero-order valence-corrected chi connectivity index (χ0v) is 10.4. The Morgan fingerprint density at radius 2 is 2.14 bits per heavy atom. The Bertz CT molecular complexity index is 436. The number of nitrogens with zero attached hydrogens (tertiary/aromatic N) is 1. The van der Waals surface area contributed by atoms with E-state index in [9.17, 15) is 0 Å². The Balaban J connectivity index is 0.000000980. The molecule has 0 amide bonds. The van der Waals surface area contributed by atoms with Gasteiger partial charge in [-0.1, -0.05) is 0 Å². The number of rotatable bonds is 1. The maximum absolute atomic E-state index is 5.55. The maximum atomic E-state index is 5.55. The van der Waals surface area contributed by atoms with Crippen molar-refractivity contribution in [2.75, 3.05) is 5.73 Å². The molecule has 0 saturated heterocycles. The molecule has 2 rings (SSSR count). The lowest BCUT2D eigenvalue weighted by atomic mass is 10.2. The molecule has 14 heavy (non-hydrogen) atoms. The molecule has 76 valence electrons. The van der Waals surface area contributed by atoms with Crippen molar-refractivity contribution in [1.29, 1.82) is 0 Å². The van der Waals surface area contributed by atoms with E-state index in [2.05, 4.69) is 4.98 Å². The first kappa shape index (κ1) is 11.3. The van der Waals surface area contributed by atoms with Gasteiger partial charge in [-0.3, -0.25) is 0 Å². The SMILES string of the molecule is Br.Cc1cc(-c2csc(N)n2)c(C)o1. The van der Waals surface area contributed by atoms with E-state index in [-0.39, 0.29) is 17.0 Å². The van der Waals surface area contributed by atoms with E-state index in [0.717, 1.165) is 22.8 Å². The van der Waals surface area contributed by atoms with Gasteiger partial charge in [0.15, 0.2) is 5.13 Å². The third-order valence-corrected chi connectivity index (χ3v) is 2.51. The predicted octanol–water partition coefficient (Wildman–Crippen LogP) is 3.18. The highest BCUT2D eigenvalue weighted by molar-refractivity contribution is 8.93. The minimum atomic E-state index is 0. The summed E-state index contributed by atoms with van der Waals surface area (Å²) in [5.74, 6) is 1.79. The molecule has 0 atom stereocenters. The van der Waals surface area contributed by atoms with Crippen molar-refractivity contribution in [2.45, 2.75) is 13.8 Å². The maximum Gasteiger partial charge on any atom is 0.180 e. The second-order valence-corrected chi connectivity index (χ2v) is 3.79. The standard InChI is InChI=1S/C9H10N2OS.BrH/c1-5-3-7(6(2)12-5)8-4-13-9(10)11-8;/h3-4H,1-2H3,(H2,10,11);1H. The molecule has 0 radical (unpaired) electrons. The molecule has 0 aliphatic carbocycles. The first-order valence-electron chi connectivity index (χ1n) is 3.95. The third kappa shape index (κ3) is 1.99. The number of aromatic nitrogens is 1. The van der Waals surface area contributed by atoms with Crippen LogP contribution >= 0.6 is 28.3 Å². The summed E-state index contributed by atoms with van der Waals surface area (Å²) >= 11 is 1.44. The highest BCUT2D eigenvalue weighted by Gasteiger charge is 2.09. The van der Waals surface area contributed by atoms with Gasteiger partial charge in [-0.25, -0.2) is 4.98 Å². The number of halogens is 1. The molecule has 0 aliphatic rings. The number of hydrogen-bond donors (Lipinski definition) is 1. The fourth-order valence-corrected chi connectivity index (χ4v) is 1.86. The lowest BCUT2D eigenvalue weighted by Gasteiger charge is -1.89. The molecule has 0 unspecified atom stereocenters. The van der Waals surface area contributed by atoms with Crippen molar-refractivity contribution in [3.63, 3.8) is 0 Å². The molecule has 0 fully saturated rings. The molecule has 0 spiro atoms. The molecule has 2 aromatic rings. The fourth-order valence-electron chi connectivity index (χ4n) is 1.30. The van der Waals surface area contributed by atoms with E-state index in [1.165, 1.54) is 11.3 Å². The number of aryl methyl sites for hydroxylation is 2. The molecule has 2 N–H and O–H groups in total. The number of nitrogen functional groups attached to an aromatic ring is 1. The summed E-state index contributed by atoms with van der Waals surface area (Å²) in [6, 6.07) is 1.98. The van der Waals surface area contributed by atoms with E-state index in [4.69, 9.17) is 10.2 Å². The van der Waals surface area contributed by atoms with Crippen molar-refractivity contribution in [1.82, 2.24) is 4.98 Å². The summed E-state index contributed by atoms with van der Waals surface area (Å²) in [6.07, 6.45) is 0. The summed E-state index contributed by atoms with van der Waals surface area (Å²) in [5, 5.41) is 2.53. The highest BCUT2D eigenvalue weighted by Crippen LogP contribution is 2.28. The molecule has 0 bridgehead atoms. The highest BCUT2D eigenvalue weighted by atomic mass is 79.9. The van der Waals surface area contributed by atoms with Crippen molar-refractivity contribution in [3.8, 4) is 11.3 Å². The van der Waals surface area contributed by atoms with Crippen LogP contribution in [-0.2, 0) is 0 Å². The third-order valence-electron chi connectivity index (χ3n) is 1.84. The lowest BCUT2D eigenvalue weighted by Crippen LogP contribution is -1.82. The van der Waals surface area contributed by atoms with Crippen molar-refractivity contribution >= 4 is 33.4 Å². The second-order valence-electron chi connectivity index (χ2n) is 2.90. The monoisotopic (exact) mass is 274 g/mol. The largest absolute Gasteiger partial charge is 0.466 e. The van der Waals surface area contributed by atoms with E-state index in [1.807, 2.05) is 25.3 Å². The Labute approximate surface area is 96.7 Å². The molecule has 2 aromatic heterocycles. The Morgan fingerprint density at radius 1 is 1.43 bits per heavy atom. The Hall–Kier alpha value is -0.810. The van der Waals surface area contributed by atoms with Crippen LogP contribution in [-0.4, -0.2) is 4.98 Å². The van der Waals surface area contributed by atoms with Crippen LogP contribution in [0, 0.1) is 13.8 Å². The van der Waals surface area contributed by atoms with Crippen LogP contribution in [0.1, 0.15) is 11.5 Å². The molecular formula is C9H11BrN2OS. The number of hydrogen-bond acceptors (Lipinski definition) is 4. The van der Waals surface area contributed by atoms with Crippen LogP contribution in [0.25, 0.3) is 11.3 Å². The Kier molecular flexibility index (Phi) is 3.34. The van der Waals surface area contributed by atoms with E-state index >= 15 is 0 Å². The molecular weight excluding hydrogens is 264 g/mol. The Morgan fingerprint density at radius 3 is 2.57 bits per heavy atom. The first-order chi connectivity index (χ1) is 6.16. The fraction of sp³-hybridized carbons (Fsp3) is 0.222. The zero-order valence-electron chi connectivity index (χ0n) is 7.90. The first-order valence-corrected chi connectivity index (χ1v) is 4.83. The van der Waals surface area contributed by atoms with E-state index in [0.29, 0.717) is 5.13 Å². The predicted molar refractivity (Wildman–Crippen MR) is 64.0 cm³/mol. The van der Waals surface area contributed by atoms with Gasteiger partial charge in [-0.15, -0.1) is 28.3 Å². The van der Waals surface area contributed by atoms with Crippen molar-refractivity contribution in [2.24, 2.45) is 0 Å². The average molecular weight is 275 g/mol. The molecule has 0 saturated carbocycles. The summed E-state index contributed by atoms with van der Waals surface area (Å²) in [6.45, 7) is 3.85. The normalized spacial score (nSPS) is 9.86. The topological polar surface area (TPSA) is 52.0 Å². The lowest BCUT2D eigenvalue weighted by molar-refractivity contribution is 0.505. The van der Waals surface area contributed by atoms with E-state index in [1.54, 1.807) is 0 Å². The quantitative estimate of drug-likeness (QED) is 0.869. The molecule has 0 aromatic carbocycles. The number of furan rings is 1. The van der Waals surface area contributed by atoms with Crippen LogP contribution in [0.2, 0.25) is 0 Å². The van der Waals surface area contributed by atoms with Gasteiger partial charge in [0, 0.05) is 10.9 Å². The smallest absolute Gasteiger partial charge is 0.180 e. The van der Waals surface area contributed by atoms with Crippen LogP contribution in [0.4, 0.5) is 5.13 Å². The van der Waals surface area contributed by atoms with Gasteiger partial charge in [0.05, 0.1) is 5.69 Å². The zero-order chi connectivity index (χ0) is 9.42. The summed E-state index contributed by atoms with van der Waals surface area (Å²) in [4.78, 5) is 4.19. The van der Waals surface area contributed by atoms with Crippen molar-refractivity contribution in [3.05, 3.63) is 23.0 Å². The minimum absolute atomic E-state index is 0. The van der Waals surface area contributed by atoms with Crippen LogP contribution in [0.5, 0.6) is 0 Å². The van der Waals surface area contributed by atoms with Gasteiger partial charge in [-0.05, 0) is 19.9 Å². The second kappa shape index (κ2) is 4.14. The molecule has 0 aliphatic heterocycles. The molecule has 2 heterocycles. The summed E-state index contributed by atoms with van der Waals surface area (Å²) in [5.41, 5.74) is 7.48. The molecule has 3 nitrogen and oxygen atoms in total. The van der Waals surface area contributed by atoms with Gasteiger partial charge in [0.2, 0.25) is 0 Å². The molecule has 5 heteroatoms. The average Bonchev–Trinajstić information content (AvgIpc) is 2.58. The minimum Gasteiger partial charge on any atom is -0.466 e. The van der Waals surface area contributed by atoms with Crippen LogP contribution in [0.3, 0.4) is 0 Å². The van der Waals surface area contributed by atoms with E-state index < -0.39 is 0 Å². The van der Waals surface area contributed by atoms with Crippen molar-refractivity contribution < 1.29 is 4.42 Å². The van der Waals surface area contributed by atoms with Crippen LogP contribution in [0.15, 0.2) is 15.9 Å². The van der Waals surface area contributed by atoms with Gasteiger partial charge < -0.3 is 10.2 Å². The number of thiazole rings is 1. The van der Waals surface area contributed by atoms with Crippen LogP contribution < -0.4 is 5.73 Å². The summed E-state index contributed by atoms with van der Waals surface area (Å²) in [7, 11) is 0. The van der Waals surface area contributed by atoms with Gasteiger partial charge in [-0.2, -0.15) is 0 Å². The number of anilines is 1. The van der Waals surface area contributed by atoms with Gasteiger partial charge >= 0.3 is 0 Å².